The van der Waals surface area contributed by atoms with Gasteiger partial charge in [-0.3, -0.25) is 9.59 Å². The normalized spacial score (nSPS) is 16.4. The van der Waals surface area contributed by atoms with E-state index in [-0.39, 0.29) is 17.9 Å². The molecule has 1 atom stereocenters. The van der Waals surface area contributed by atoms with Crippen molar-refractivity contribution in [3.8, 4) is 0 Å². The van der Waals surface area contributed by atoms with E-state index >= 15 is 0 Å². The topological polar surface area (TPSA) is 53.8 Å². The molecule has 1 unspecified atom stereocenters. The molecule has 1 saturated heterocycles. The van der Waals surface area contributed by atoms with Crippen LogP contribution in [0.4, 0.5) is 0 Å². The van der Waals surface area contributed by atoms with E-state index in [0.29, 0.717) is 18.5 Å². The van der Waals surface area contributed by atoms with Crippen LogP contribution in [0.5, 0.6) is 0 Å². The summed E-state index contributed by atoms with van der Waals surface area (Å²) in [4.78, 5) is 28.5. The van der Waals surface area contributed by atoms with Crippen molar-refractivity contribution in [2.45, 2.75) is 52.0 Å². The molecule has 1 aromatic heterocycles. The van der Waals surface area contributed by atoms with Gasteiger partial charge >= 0.3 is 0 Å². The number of likely N-dealkylation sites (tertiary alicyclic amines) is 1. The first-order valence-electron chi connectivity index (χ1n) is 8.24. The fraction of sp³-hybridized carbons (Fsp3) is 0.647. The van der Waals surface area contributed by atoms with Crippen LogP contribution >= 0.6 is 0 Å². The van der Waals surface area contributed by atoms with E-state index in [1.54, 1.807) is 11.0 Å². The number of nitrogens with zero attached hydrogens (tertiary/aromatic N) is 2. The largest absolute Gasteiger partial charge is 0.472 e. The highest BCUT2D eigenvalue weighted by molar-refractivity contribution is 5.94. The summed E-state index contributed by atoms with van der Waals surface area (Å²) in [6.45, 7) is 6.25. The van der Waals surface area contributed by atoms with Gasteiger partial charge in [-0.15, -0.1) is 0 Å². The first-order valence-corrected chi connectivity index (χ1v) is 8.24. The molecule has 22 heavy (non-hydrogen) atoms. The second-order valence-electron chi connectivity index (χ2n) is 5.96. The van der Waals surface area contributed by atoms with Crippen LogP contribution in [0.3, 0.4) is 0 Å². The van der Waals surface area contributed by atoms with E-state index in [1.807, 2.05) is 18.7 Å². The summed E-state index contributed by atoms with van der Waals surface area (Å²) in [5.41, 5.74) is 0.547. The summed E-state index contributed by atoms with van der Waals surface area (Å²) >= 11 is 0. The standard InChI is InChI=1S/C17H26N2O3/c1-3-14(2)19(17(21)15-8-12-22-13-15)11-7-16(20)18-9-5-4-6-10-18/h8,12-14H,3-7,9-11H2,1-2H3. The fourth-order valence-corrected chi connectivity index (χ4v) is 2.81. The Hall–Kier alpha value is -1.78. The lowest BCUT2D eigenvalue weighted by Crippen LogP contribution is -2.42. The molecule has 2 amide bonds. The molecule has 0 aromatic carbocycles. The molecular weight excluding hydrogens is 280 g/mol. The highest BCUT2D eigenvalue weighted by Crippen LogP contribution is 2.14. The van der Waals surface area contributed by atoms with Gasteiger partial charge in [0, 0.05) is 32.1 Å². The number of amides is 2. The molecular formula is C17H26N2O3. The molecule has 0 aliphatic carbocycles. The quantitative estimate of drug-likeness (QED) is 0.812. The van der Waals surface area contributed by atoms with Gasteiger partial charge in [0.1, 0.15) is 6.26 Å². The van der Waals surface area contributed by atoms with Crippen LogP contribution in [-0.4, -0.2) is 47.3 Å². The smallest absolute Gasteiger partial charge is 0.257 e. The highest BCUT2D eigenvalue weighted by atomic mass is 16.3. The van der Waals surface area contributed by atoms with Crippen LogP contribution in [-0.2, 0) is 4.79 Å². The molecule has 1 aromatic rings. The number of carbonyl (C=O) groups excluding carboxylic acids is 2. The van der Waals surface area contributed by atoms with Gasteiger partial charge in [-0.1, -0.05) is 6.92 Å². The minimum absolute atomic E-state index is 0.0606. The Morgan fingerprint density at radius 3 is 2.64 bits per heavy atom. The van der Waals surface area contributed by atoms with Crippen molar-refractivity contribution < 1.29 is 14.0 Å². The Bertz CT molecular complexity index is 478. The van der Waals surface area contributed by atoms with Crippen molar-refractivity contribution in [2.75, 3.05) is 19.6 Å². The molecule has 1 aliphatic rings. The predicted octanol–water partition coefficient (Wildman–Crippen LogP) is 2.92. The minimum atomic E-state index is -0.0606. The number of furan rings is 1. The van der Waals surface area contributed by atoms with Crippen molar-refractivity contribution in [2.24, 2.45) is 0 Å². The van der Waals surface area contributed by atoms with Gasteiger partial charge < -0.3 is 14.2 Å². The summed E-state index contributed by atoms with van der Waals surface area (Å²) < 4.78 is 5.00. The van der Waals surface area contributed by atoms with Gasteiger partial charge in [0.15, 0.2) is 0 Å². The average Bonchev–Trinajstić information content (AvgIpc) is 3.09. The molecule has 0 radical (unpaired) electrons. The summed E-state index contributed by atoms with van der Waals surface area (Å²) in [5, 5.41) is 0. The minimum Gasteiger partial charge on any atom is -0.472 e. The third-order valence-electron chi connectivity index (χ3n) is 4.43. The zero-order valence-corrected chi connectivity index (χ0v) is 13.6. The monoisotopic (exact) mass is 306 g/mol. The van der Waals surface area contributed by atoms with Crippen LogP contribution < -0.4 is 0 Å². The van der Waals surface area contributed by atoms with Crippen molar-refractivity contribution in [1.82, 2.24) is 9.80 Å². The lowest BCUT2D eigenvalue weighted by molar-refractivity contribution is -0.132. The first-order chi connectivity index (χ1) is 10.6. The zero-order valence-electron chi connectivity index (χ0n) is 13.6. The summed E-state index contributed by atoms with van der Waals surface area (Å²) in [6, 6.07) is 1.78. The lowest BCUT2D eigenvalue weighted by atomic mass is 10.1. The maximum Gasteiger partial charge on any atom is 0.257 e. The van der Waals surface area contributed by atoms with Gasteiger partial charge in [0.2, 0.25) is 5.91 Å². The highest BCUT2D eigenvalue weighted by Gasteiger charge is 2.23. The van der Waals surface area contributed by atoms with Gasteiger partial charge in [-0.2, -0.15) is 0 Å². The van der Waals surface area contributed by atoms with Crippen molar-refractivity contribution >= 4 is 11.8 Å². The van der Waals surface area contributed by atoms with Crippen LogP contribution in [0.2, 0.25) is 0 Å². The first kappa shape index (κ1) is 16.6. The SMILES string of the molecule is CCC(C)N(CCC(=O)N1CCCCC1)C(=O)c1ccoc1. The molecule has 0 bridgehead atoms. The Kier molecular flexibility index (Phi) is 6.04. The van der Waals surface area contributed by atoms with Crippen molar-refractivity contribution in [3.63, 3.8) is 0 Å². The third kappa shape index (κ3) is 4.12. The maximum atomic E-state index is 12.5. The molecule has 0 N–H and O–H groups in total. The summed E-state index contributed by atoms with van der Waals surface area (Å²) in [5.74, 6) is 0.0996. The second kappa shape index (κ2) is 8.01. The Labute approximate surface area is 132 Å². The second-order valence-corrected chi connectivity index (χ2v) is 5.96. The number of hydrogen-bond acceptors (Lipinski definition) is 3. The molecule has 5 nitrogen and oxygen atoms in total. The van der Waals surface area contributed by atoms with Gasteiger partial charge in [0.25, 0.3) is 5.91 Å². The van der Waals surface area contributed by atoms with Gasteiger partial charge in [-0.25, -0.2) is 0 Å². The summed E-state index contributed by atoms with van der Waals surface area (Å²) in [6.07, 6.45) is 7.62. The predicted molar refractivity (Wildman–Crippen MR) is 84.5 cm³/mol. The van der Waals surface area contributed by atoms with E-state index in [0.717, 1.165) is 32.4 Å². The maximum absolute atomic E-state index is 12.5. The van der Waals surface area contributed by atoms with Crippen LogP contribution in [0.15, 0.2) is 23.0 Å². The summed E-state index contributed by atoms with van der Waals surface area (Å²) in [7, 11) is 0. The van der Waals surface area contributed by atoms with Gasteiger partial charge in [-0.05, 0) is 38.7 Å². The molecule has 0 spiro atoms. The van der Waals surface area contributed by atoms with Crippen LogP contribution in [0, 0.1) is 0 Å². The fourth-order valence-electron chi connectivity index (χ4n) is 2.81. The van der Waals surface area contributed by atoms with E-state index in [1.165, 1.54) is 18.9 Å². The van der Waals surface area contributed by atoms with E-state index in [4.69, 9.17) is 4.42 Å². The van der Waals surface area contributed by atoms with Crippen molar-refractivity contribution in [1.29, 1.82) is 0 Å². The van der Waals surface area contributed by atoms with E-state index in [2.05, 4.69) is 0 Å². The Morgan fingerprint density at radius 2 is 2.05 bits per heavy atom. The number of piperidine rings is 1. The van der Waals surface area contributed by atoms with E-state index in [9.17, 15) is 9.59 Å². The molecule has 2 rings (SSSR count). The lowest BCUT2D eigenvalue weighted by Gasteiger charge is -2.31. The van der Waals surface area contributed by atoms with E-state index < -0.39 is 0 Å². The molecule has 1 aliphatic heterocycles. The number of rotatable bonds is 6. The molecule has 1 fully saturated rings. The van der Waals surface area contributed by atoms with Crippen LogP contribution in [0.1, 0.15) is 56.3 Å². The molecule has 5 heteroatoms. The molecule has 122 valence electrons. The molecule has 2 heterocycles. The Morgan fingerprint density at radius 1 is 1.32 bits per heavy atom. The van der Waals surface area contributed by atoms with Crippen LogP contribution in [0.25, 0.3) is 0 Å². The zero-order chi connectivity index (χ0) is 15.9. The average molecular weight is 306 g/mol. The number of hydrogen-bond donors (Lipinski definition) is 0. The molecule has 0 saturated carbocycles. The third-order valence-corrected chi connectivity index (χ3v) is 4.43. The Balaban J connectivity index is 1.95. The van der Waals surface area contributed by atoms with Crippen molar-refractivity contribution in [3.05, 3.63) is 24.2 Å². The van der Waals surface area contributed by atoms with Gasteiger partial charge in [0.05, 0.1) is 11.8 Å². The number of carbonyl (C=O) groups is 2.